The van der Waals surface area contributed by atoms with Crippen LogP contribution in [0.4, 0.5) is 0 Å². The Morgan fingerprint density at radius 2 is 1.59 bits per heavy atom. The van der Waals surface area contributed by atoms with Crippen molar-refractivity contribution in [3.63, 3.8) is 0 Å². The highest BCUT2D eigenvalue weighted by atomic mass is 16.5. The molecule has 0 saturated heterocycles. The van der Waals surface area contributed by atoms with Gasteiger partial charge in [-0.15, -0.1) is 0 Å². The topological polar surface area (TPSA) is 29.5 Å². The van der Waals surface area contributed by atoms with E-state index in [2.05, 4.69) is 39.8 Å². The maximum Gasteiger partial charge on any atom is 0.125 e. The van der Waals surface area contributed by atoms with Crippen molar-refractivity contribution in [2.75, 3.05) is 13.7 Å². The van der Waals surface area contributed by atoms with Crippen LogP contribution in [-0.4, -0.2) is 18.8 Å². The van der Waals surface area contributed by atoms with Crippen molar-refractivity contribution in [1.82, 2.24) is 0 Å². The van der Waals surface area contributed by atoms with E-state index in [0.29, 0.717) is 18.3 Å². The summed E-state index contributed by atoms with van der Waals surface area (Å²) in [5.74, 6) is 1.84. The van der Waals surface area contributed by atoms with Crippen LogP contribution in [0.5, 0.6) is 5.75 Å². The van der Waals surface area contributed by atoms with Crippen LogP contribution in [0.25, 0.3) is 0 Å². The number of benzene rings is 1. The molecule has 0 aliphatic rings. The van der Waals surface area contributed by atoms with E-state index in [1.807, 2.05) is 0 Å². The van der Waals surface area contributed by atoms with E-state index in [1.165, 1.54) is 11.1 Å². The number of ether oxygens (including phenoxy) is 1. The second-order valence-corrected chi connectivity index (χ2v) is 5.04. The molecule has 1 aromatic carbocycles. The smallest absolute Gasteiger partial charge is 0.125 e. The van der Waals surface area contributed by atoms with Crippen LogP contribution in [-0.2, 0) is 6.42 Å². The minimum atomic E-state index is 0.164. The summed E-state index contributed by atoms with van der Waals surface area (Å²) in [5, 5.41) is 9.22. The van der Waals surface area contributed by atoms with Gasteiger partial charge in [-0.2, -0.15) is 0 Å². The van der Waals surface area contributed by atoms with Crippen molar-refractivity contribution < 1.29 is 9.84 Å². The van der Waals surface area contributed by atoms with Crippen LogP contribution in [0.3, 0.4) is 0 Å². The van der Waals surface area contributed by atoms with Crippen LogP contribution < -0.4 is 4.74 Å². The summed E-state index contributed by atoms with van der Waals surface area (Å²) >= 11 is 0. The van der Waals surface area contributed by atoms with E-state index in [1.54, 1.807) is 7.11 Å². The quantitative estimate of drug-likeness (QED) is 0.848. The lowest BCUT2D eigenvalue weighted by Crippen LogP contribution is -2.06. The molecule has 0 fully saturated rings. The van der Waals surface area contributed by atoms with Crippen molar-refractivity contribution in [3.8, 4) is 5.75 Å². The van der Waals surface area contributed by atoms with E-state index in [9.17, 15) is 5.11 Å². The second-order valence-electron chi connectivity index (χ2n) is 5.04. The van der Waals surface area contributed by atoms with E-state index in [-0.39, 0.29) is 6.61 Å². The van der Waals surface area contributed by atoms with Crippen molar-refractivity contribution in [1.29, 1.82) is 0 Å². The van der Waals surface area contributed by atoms with Gasteiger partial charge in [0, 0.05) is 12.2 Å². The highest BCUT2D eigenvalue weighted by molar-refractivity contribution is 5.49. The maximum absolute atomic E-state index is 9.22. The van der Waals surface area contributed by atoms with Crippen LogP contribution in [0.15, 0.2) is 12.1 Å². The van der Waals surface area contributed by atoms with Crippen LogP contribution in [0.2, 0.25) is 0 Å². The Morgan fingerprint density at radius 3 is 2.00 bits per heavy atom. The lowest BCUT2D eigenvalue weighted by molar-refractivity contribution is 0.295. The Labute approximate surface area is 105 Å². The zero-order valence-corrected chi connectivity index (χ0v) is 11.6. The Bertz CT molecular complexity index is 367. The molecule has 0 aliphatic carbocycles. The predicted molar refractivity (Wildman–Crippen MR) is 72.0 cm³/mol. The standard InChI is InChI=1S/C15H24O2/c1-10(2)12-6-7-13(11(3)4)15(17-5)14(12)8-9-16/h6-7,10-11,16H,8-9H2,1-5H3. The number of hydrogen-bond donors (Lipinski definition) is 1. The summed E-state index contributed by atoms with van der Waals surface area (Å²) in [6.07, 6.45) is 0.664. The first-order chi connectivity index (χ1) is 8.02. The molecule has 0 saturated carbocycles. The van der Waals surface area contributed by atoms with Crippen molar-refractivity contribution >= 4 is 0 Å². The zero-order valence-electron chi connectivity index (χ0n) is 11.6. The average molecular weight is 236 g/mol. The highest BCUT2D eigenvalue weighted by Crippen LogP contribution is 2.35. The van der Waals surface area contributed by atoms with E-state index in [0.717, 1.165) is 11.3 Å². The van der Waals surface area contributed by atoms with Gasteiger partial charge in [0.25, 0.3) is 0 Å². The molecule has 0 unspecified atom stereocenters. The van der Waals surface area contributed by atoms with E-state index in [4.69, 9.17) is 4.74 Å². The van der Waals surface area contributed by atoms with Crippen LogP contribution in [0, 0.1) is 0 Å². The van der Waals surface area contributed by atoms with Gasteiger partial charge in [0.15, 0.2) is 0 Å². The second kappa shape index (κ2) is 6.06. The van der Waals surface area contributed by atoms with Gasteiger partial charge in [0.05, 0.1) is 7.11 Å². The normalized spacial score (nSPS) is 11.3. The average Bonchev–Trinajstić information content (AvgIpc) is 2.28. The van der Waals surface area contributed by atoms with Crippen molar-refractivity contribution in [3.05, 3.63) is 28.8 Å². The van der Waals surface area contributed by atoms with Gasteiger partial charge < -0.3 is 9.84 Å². The molecule has 1 rings (SSSR count). The summed E-state index contributed by atoms with van der Waals surface area (Å²) in [4.78, 5) is 0. The molecule has 96 valence electrons. The van der Waals surface area contributed by atoms with E-state index >= 15 is 0 Å². The Kier molecular flexibility index (Phi) is 5.01. The van der Waals surface area contributed by atoms with Crippen molar-refractivity contribution in [2.24, 2.45) is 0 Å². The molecule has 2 heteroatoms. The minimum absolute atomic E-state index is 0.164. The largest absolute Gasteiger partial charge is 0.496 e. The molecule has 2 nitrogen and oxygen atoms in total. The first kappa shape index (κ1) is 14.0. The summed E-state index contributed by atoms with van der Waals surface area (Å²) < 4.78 is 5.57. The fourth-order valence-electron chi connectivity index (χ4n) is 2.27. The Hall–Kier alpha value is -1.02. The van der Waals surface area contributed by atoms with Gasteiger partial charge in [0.2, 0.25) is 0 Å². The number of rotatable bonds is 5. The molecule has 17 heavy (non-hydrogen) atoms. The molecule has 0 atom stereocenters. The molecule has 0 spiro atoms. The van der Waals surface area contributed by atoms with Gasteiger partial charge in [-0.1, -0.05) is 39.8 Å². The molecule has 0 aromatic heterocycles. The minimum Gasteiger partial charge on any atom is -0.496 e. The molecule has 0 bridgehead atoms. The molecule has 1 N–H and O–H groups in total. The summed E-state index contributed by atoms with van der Waals surface area (Å²) in [6, 6.07) is 4.33. The molecule has 0 radical (unpaired) electrons. The molecule has 0 amide bonds. The van der Waals surface area contributed by atoms with E-state index < -0.39 is 0 Å². The molecule has 0 aliphatic heterocycles. The van der Waals surface area contributed by atoms with Gasteiger partial charge in [-0.25, -0.2) is 0 Å². The van der Waals surface area contributed by atoms with Gasteiger partial charge >= 0.3 is 0 Å². The first-order valence-corrected chi connectivity index (χ1v) is 6.33. The third-order valence-electron chi connectivity index (χ3n) is 3.14. The molecule has 0 heterocycles. The number of methoxy groups -OCH3 is 1. The van der Waals surface area contributed by atoms with Gasteiger partial charge in [-0.3, -0.25) is 0 Å². The fourth-order valence-corrected chi connectivity index (χ4v) is 2.27. The predicted octanol–water partition coefficient (Wildman–Crippen LogP) is 3.48. The monoisotopic (exact) mass is 236 g/mol. The lowest BCUT2D eigenvalue weighted by atomic mass is 9.89. The van der Waals surface area contributed by atoms with Gasteiger partial charge in [-0.05, 0) is 29.4 Å². The Morgan fingerprint density at radius 1 is 1.06 bits per heavy atom. The number of hydrogen-bond acceptors (Lipinski definition) is 2. The summed E-state index contributed by atoms with van der Waals surface area (Å²) in [5.41, 5.74) is 3.66. The molecular formula is C15H24O2. The van der Waals surface area contributed by atoms with Crippen molar-refractivity contribution in [2.45, 2.75) is 46.0 Å². The third kappa shape index (κ3) is 3.01. The SMILES string of the molecule is COc1c(C(C)C)ccc(C(C)C)c1CCO. The summed E-state index contributed by atoms with van der Waals surface area (Å²) in [7, 11) is 1.71. The molecular weight excluding hydrogens is 212 g/mol. The molecule has 1 aromatic rings. The number of aliphatic hydroxyl groups is 1. The Balaban J connectivity index is 3.38. The van der Waals surface area contributed by atoms with Crippen LogP contribution in [0.1, 0.15) is 56.2 Å². The maximum atomic E-state index is 9.22. The zero-order chi connectivity index (χ0) is 13.0. The van der Waals surface area contributed by atoms with Crippen LogP contribution >= 0.6 is 0 Å². The highest BCUT2D eigenvalue weighted by Gasteiger charge is 2.17. The number of aliphatic hydroxyl groups excluding tert-OH is 1. The summed E-state index contributed by atoms with van der Waals surface area (Å²) in [6.45, 7) is 8.83. The lowest BCUT2D eigenvalue weighted by Gasteiger charge is -2.20. The first-order valence-electron chi connectivity index (χ1n) is 6.33. The fraction of sp³-hybridized carbons (Fsp3) is 0.600. The third-order valence-corrected chi connectivity index (χ3v) is 3.14. The van der Waals surface area contributed by atoms with Gasteiger partial charge in [0.1, 0.15) is 5.75 Å².